The summed E-state index contributed by atoms with van der Waals surface area (Å²) in [4.78, 5) is 12.0. The highest BCUT2D eigenvalue weighted by molar-refractivity contribution is 5.94. The van der Waals surface area contributed by atoms with Crippen molar-refractivity contribution in [2.24, 2.45) is 11.7 Å². The van der Waals surface area contributed by atoms with Gasteiger partial charge in [0.25, 0.3) is 5.91 Å². The molecule has 0 heterocycles. The monoisotopic (exact) mass is 298 g/mol. The molecule has 0 radical (unpaired) electrons. The third-order valence-corrected chi connectivity index (χ3v) is 3.70. The number of benzene rings is 1. The maximum Gasteiger partial charge on any atom is 0.387 e. The second-order valence-corrected chi connectivity index (χ2v) is 5.41. The van der Waals surface area contributed by atoms with E-state index in [0.29, 0.717) is 18.0 Å². The Morgan fingerprint density at radius 2 is 2.24 bits per heavy atom. The Morgan fingerprint density at radius 3 is 2.95 bits per heavy atom. The smallest absolute Gasteiger partial charge is 0.387 e. The average Bonchev–Trinajstić information content (AvgIpc) is 2.44. The molecule has 1 saturated carbocycles. The minimum atomic E-state index is -2.90. The topological polar surface area (TPSA) is 64.3 Å². The van der Waals surface area contributed by atoms with Crippen LogP contribution >= 0.6 is 0 Å². The predicted octanol–water partition coefficient (Wildman–Crippen LogP) is 2.54. The Balaban J connectivity index is 1.88. The minimum Gasteiger partial charge on any atom is -0.435 e. The summed E-state index contributed by atoms with van der Waals surface area (Å²) in [6, 6.07) is 6.00. The number of nitrogens with one attached hydrogen (secondary N) is 1. The molecule has 2 rings (SSSR count). The van der Waals surface area contributed by atoms with E-state index in [2.05, 4.69) is 10.1 Å². The van der Waals surface area contributed by atoms with E-state index in [0.717, 1.165) is 25.7 Å². The highest BCUT2D eigenvalue weighted by atomic mass is 19.3. The van der Waals surface area contributed by atoms with Crippen molar-refractivity contribution in [3.8, 4) is 5.75 Å². The Labute approximate surface area is 122 Å². The molecule has 1 amide bonds. The van der Waals surface area contributed by atoms with Crippen LogP contribution in [0.3, 0.4) is 0 Å². The Bertz CT molecular complexity index is 482. The van der Waals surface area contributed by atoms with Gasteiger partial charge >= 0.3 is 6.61 Å². The second kappa shape index (κ2) is 7.36. The lowest BCUT2D eigenvalue weighted by Crippen LogP contribution is -2.35. The van der Waals surface area contributed by atoms with Crippen LogP contribution in [-0.4, -0.2) is 25.1 Å². The molecule has 2 atom stereocenters. The summed E-state index contributed by atoms with van der Waals surface area (Å²) in [6.45, 7) is -2.33. The van der Waals surface area contributed by atoms with Gasteiger partial charge in [-0.15, -0.1) is 0 Å². The lowest BCUT2D eigenvalue weighted by atomic mass is 9.86. The third kappa shape index (κ3) is 4.97. The SMILES string of the molecule is NC1CCCC(CNC(=O)c2cccc(OC(F)F)c2)C1. The van der Waals surface area contributed by atoms with Gasteiger partial charge in [0.1, 0.15) is 5.75 Å². The summed E-state index contributed by atoms with van der Waals surface area (Å²) in [5.41, 5.74) is 6.22. The van der Waals surface area contributed by atoms with E-state index in [1.807, 2.05) is 0 Å². The summed E-state index contributed by atoms with van der Waals surface area (Å²) in [5.74, 6) is 0.0874. The quantitative estimate of drug-likeness (QED) is 0.878. The van der Waals surface area contributed by atoms with Gasteiger partial charge in [-0.05, 0) is 43.4 Å². The van der Waals surface area contributed by atoms with Crippen LogP contribution in [0.15, 0.2) is 24.3 Å². The molecule has 1 aliphatic rings. The summed E-state index contributed by atoms with van der Waals surface area (Å²) >= 11 is 0. The molecular formula is C15H20F2N2O2. The molecule has 3 N–H and O–H groups in total. The molecule has 0 aliphatic heterocycles. The van der Waals surface area contributed by atoms with Gasteiger partial charge in [-0.25, -0.2) is 0 Å². The number of amides is 1. The van der Waals surface area contributed by atoms with Gasteiger partial charge in [0.05, 0.1) is 0 Å². The average molecular weight is 298 g/mol. The number of carbonyl (C=O) groups excluding carboxylic acids is 1. The fraction of sp³-hybridized carbons (Fsp3) is 0.533. The number of carbonyl (C=O) groups is 1. The van der Waals surface area contributed by atoms with E-state index in [-0.39, 0.29) is 17.7 Å². The van der Waals surface area contributed by atoms with E-state index in [1.165, 1.54) is 18.2 Å². The van der Waals surface area contributed by atoms with Crippen LogP contribution in [0.4, 0.5) is 8.78 Å². The maximum atomic E-state index is 12.1. The van der Waals surface area contributed by atoms with Crippen molar-refractivity contribution < 1.29 is 18.3 Å². The van der Waals surface area contributed by atoms with Gasteiger partial charge in [-0.1, -0.05) is 12.5 Å². The fourth-order valence-electron chi connectivity index (χ4n) is 2.67. The van der Waals surface area contributed by atoms with Crippen LogP contribution in [-0.2, 0) is 0 Å². The molecule has 21 heavy (non-hydrogen) atoms. The third-order valence-electron chi connectivity index (χ3n) is 3.70. The molecule has 0 aromatic heterocycles. The molecule has 0 bridgehead atoms. The first-order valence-corrected chi connectivity index (χ1v) is 7.13. The molecule has 0 saturated heterocycles. The number of ether oxygens (including phenoxy) is 1. The number of halogens is 2. The fourth-order valence-corrected chi connectivity index (χ4v) is 2.67. The predicted molar refractivity (Wildman–Crippen MR) is 75.3 cm³/mol. The van der Waals surface area contributed by atoms with Crippen LogP contribution in [0.1, 0.15) is 36.0 Å². The van der Waals surface area contributed by atoms with E-state index < -0.39 is 6.61 Å². The Hall–Kier alpha value is -1.69. The molecule has 116 valence electrons. The Morgan fingerprint density at radius 1 is 1.43 bits per heavy atom. The number of hydrogen-bond donors (Lipinski definition) is 2. The summed E-state index contributed by atoms with van der Waals surface area (Å²) in [7, 11) is 0. The molecule has 1 fully saturated rings. The van der Waals surface area contributed by atoms with E-state index >= 15 is 0 Å². The van der Waals surface area contributed by atoms with Gasteiger partial charge in [0, 0.05) is 18.2 Å². The number of alkyl halides is 2. The zero-order valence-corrected chi connectivity index (χ0v) is 11.7. The van der Waals surface area contributed by atoms with Crippen LogP contribution in [0, 0.1) is 5.92 Å². The van der Waals surface area contributed by atoms with Crippen molar-refractivity contribution in [3.63, 3.8) is 0 Å². The molecular weight excluding hydrogens is 278 g/mol. The van der Waals surface area contributed by atoms with Crippen molar-refractivity contribution >= 4 is 5.91 Å². The number of hydrogen-bond acceptors (Lipinski definition) is 3. The van der Waals surface area contributed by atoms with Gasteiger partial charge in [0.15, 0.2) is 0 Å². The van der Waals surface area contributed by atoms with Crippen LogP contribution < -0.4 is 15.8 Å². The first-order valence-electron chi connectivity index (χ1n) is 7.13. The normalized spacial score (nSPS) is 22.1. The van der Waals surface area contributed by atoms with Crippen molar-refractivity contribution in [1.29, 1.82) is 0 Å². The second-order valence-electron chi connectivity index (χ2n) is 5.41. The first-order chi connectivity index (χ1) is 10.0. The van der Waals surface area contributed by atoms with Gasteiger partial charge in [-0.2, -0.15) is 8.78 Å². The molecule has 4 nitrogen and oxygen atoms in total. The van der Waals surface area contributed by atoms with E-state index in [1.54, 1.807) is 6.07 Å². The number of rotatable bonds is 5. The van der Waals surface area contributed by atoms with Gasteiger partial charge < -0.3 is 15.8 Å². The minimum absolute atomic E-state index is 0.0164. The summed E-state index contributed by atoms with van der Waals surface area (Å²) in [6.07, 6.45) is 4.09. The van der Waals surface area contributed by atoms with Crippen molar-refractivity contribution in [2.45, 2.75) is 38.3 Å². The molecule has 6 heteroatoms. The van der Waals surface area contributed by atoms with Crippen molar-refractivity contribution in [2.75, 3.05) is 6.54 Å². The summed E-state index contributed by atoms with van der Waals surface area (Å²) in [5, 5.41) is 2.83. The van der Waals surface area contributed by atoms with Gasteiger partial charge in [-0.3, -0.25) is 4.79 Å². The van der Waals surface area contributed by atoms with Gasteiger partial charge in [0.2, 0.25) is 0 Å². The lowest BCUT2D eigenvalue weighted by Gasteiger charge is -2.26. The molecule has 1 aromatic rings. The maximum absolute atomic E-state index is 12.1. The van der Waals surface area contributed by atoms with Crippen molar-refractivity contribution in [3.05, 3.63) is 29.8 Å². The largest absolute Gasteiger partial charge is 0.435 e. The molecule has 1 aromatic carbocycles. The Kier molecular flexibility index (Phi) is 5.50. The summed E-state index contributed by atoms with van der Waals surface area (Å²) < 4.78 is 28.6. The van der Waals surface area contributed by atoms with Crippen LogP contribution in [0.2, 0.25) is 0 Å². The first kappa shape index (κ1) is 15.7. The highest BCUT2D eigenvalue weighted by Crippen LogP contribution is 2.22. The molecule has 1 aliphatic carbocycles. The van der Waals surface area contributed by atoms with E-state index in [4.69, 9.17) is 5.73 Å². The molecule has 0 spiro atoms. The lowest BCUT2D eigenvalue weighted by molar-refractivity contribution is -0.0498. The standard InChI is InChI=1S/C15H20F2N2O2/c16-15(17)21-13-6-2-4-11(8-13)14(20)19-9-10-3-1-5-12(18)7-10/h2,4,6,8,10,12,15H,1,3,5,7,9,18H2,(H,19,20). The highest BCUT2D eigenvalue weighted by Gasteiger charge is 2.20. The van der Waals surface area contributed by atoms with Crippen LogP contribution in [0.25, 0.3) is 0 Å². The molecule has 2 unspecified atom stereocenters. The zero-order valence-electron chi connectivity index (χ0n) is 11.7. The van der Waals surface area contributed by atoms with E-state index in [9.17, 15) is 13.6 Å². The zero-order chi connectivity index (χ0) is 15.2. The van der Waals surface area contributed by atoms with Crippen LogP contribution in [0.5, 0.6) is 5.75 Å². The number of nitrogens with two attached hydrogens (primary N) is 1. The van der Waals surface area contributed by atoms with Crippen molar-refractivity contribution in [1.82, 2.24) is 5.32 Å².